The summed E-state index contributed by atoms with van der Waals surface area (Å²) < 4.78 is 6.42. The standard InChI is InChI=1S/C24H32N2O2.2BrH/c1-16-8-9-20-21(24(16)27)14-22(28-23(20)15-25)19-10-12-26(13-11-19)17(2)18-6-4-3-5-7-18;;/h3-9,17,19,22-23,27H,10-15,25H2,1-2H3;2*1H/t17?,22-,23-;;/m0../s1. The Hall–Kier alpha value is -0.920. The molecule has 4 rings (SSSR count). The first kappa shape index (κ1) is 25.3. The molecule has 0 spiro atoms. The van der Waals surface area contributed by atoms with Crippen LogP contribution >= 0.6 is 34.0 Å². The van der Waals surface area contributed by atoms with Crippen LogP contribution in [0.15, 0.2) is 42.5 Å². The molecule has 0 bridgehead atoms. The van der Waals surface area contributed by atoms with E-state index in [-0.39, 0.29) is 46.2 Å². The summed E-state index contributed by atoms with van der Waals surface area (Å²) in [5, 5.41) is 10.6. The Labute approximate surface area is 201 Å². The number of piperidine rings is 1. The molecule has 30 heavy (non-hydrogen) atoms. The molecule has 1 unspecified atom stereocenters. The number of hydrogen-bond donors (Lipinski definition) is 2. The van der Waals surface area contributed by atoms with Gasteiger partial charge < -0.3 is 15.6 Å². The topological polar surface area (TPSA) is 58.7 Å². The smallest absolute Gasteiger partial charge is 0.122 e. The summed E-state index contributed by atoms with van der Waals surface area (Å²) >= 11 is 0. The molecule has 3 atom stereocenters. The van der Waals surface area contributed by atoms with E-state index in [0.29, 0.717) is 24.3 Å². The van der Waals surface area contributed by atoms with Gasteiger partial charge in [-0.15, -0.1) is 34.0 Å². The van der Waals surface area contributed by atoms with Gasteiger partial charge in [-0.1, -0.05) is 42.5 Å². The zero-order valence-electron chi connectivity index (χ0n) is 17.8. The van der Waals surface area contributed by atoms with Crippen LogP contribution in [-0.2, 0) is 11.2 Å². The van der Waals surface area contributed by atoms with Crippen molar-refractivity contribution >= 4 is 34.0 Å². The van der Waals surface area contributed by atoms with E-state index in [9.17, 15) is 5.11 Å². The number of nitrogens with two attached hydrogens (primary N) is 1. The molecule has 3 N–H and O–H groups in total. The highest BCUT2D eigenvalue weighted by Gasteiger charge is 2.36. The maximum Gasteiger partial charge on any atom is 0.122 e. The second-order valence-electron chi connectivity index (χ2n) is 8.36. The van der Waals surface area contributed by atoms with E-state index in [1.165, 1.54) is 5.56 Å². The molecule has 2 aliphatic rings. The van der Waals surface area contributed by atoms with Gasteiger partial charge in [0, 0.05) is 24.6 Å². The largest absolute Gasteiger partial charge is 0.507 e. The van der Waals surface area contributed by atoms with Gasteiger partial charge in [0.2, 0.25) is 0 Å². The van der Waals surface area contributed by atoms with Crippen LogP contribution in [0.5, 0.6) is 5.75 Å². The van der Waals surface area contributed by atoms with Crippen molar-refractivity contribution in [2.75, 3.05) is 19.6 Å². The van der Waals surface area contributed by atoms with Gasteiger partial charge in [0.05, 0.1) is 12.2 Å². The lowest BCUT2D eigenvalue weighted by Crippen LogP contribution is -2.42. The number of rotatable bonds is 4. The van der Waals surface area contributed by atoms with Crippen molar-refractivity contribution in [3.05, 3.63) is 64.7 Å². The maximum absolute atomic E-state index is 10.6. The van der Waals surface area contributed by atoms with E-state index < -0.39 is 0 Å². The lowest BCUT2D eigenvalue weighted by Gasteiger charge is -2.42. The second-order valence-corrected chi connectivity index (χ2v) is 8.36. The molecule has 2 aromatic carbocycles. The molecular formula is C24H34Br2N2O2. The fourth-order valence-electron chi connectivity index (χ4n) is 4.90. The molecule has 0 radical (unpaired) electrons. The van der Waals surface area contributed by atoms with Crippen LogP contribution in [0.1, 0.15) is 54.2 Å². The summed E-state index contributed by atoms with van der Waals surface area (Å²) in [5.74, 6) is 0.945. The highest BCUT2D eigenvalue weighted by Crippen LogP contribution is 2.40. The number of aryl methyl sites for hydroxylation is 1. The minimum Gasteiger partial charge on any atom is -0.507 e. The number of halogens is 2. The van der Waals surface area contributed by atoms with Crippen molar-refractivity contribution in [1.82, 2.24) is 4.90 Å². The normalized spacial score (nSPS) is 23.0. The van der Waals surface area contributed by atoms with Gasteiger partial charge in [0.15, 0.2) is 0 Å². The third-order valence-electron chi connectivity index (χ3n) is 6.76. The van der Waals surface area contributed by atoms with Crippen LogP contribution in [0.4, 0.5) is 0 Å². The van der Waals surface area contributed by atoms with Crippen molar-refractivity contribution in [2.24, 2.45) is 11.7 Å². The highest BCUT2D eigenvalue weighted by molar-refractivity contribution is 8.93. The molecule has 1 fully saturated rings. The van der Waals surface area contributed by atoms with Crippen molar-refractivity contribution in [1.29, 1.82) is 0 Å². The second kappa shape index (κ2) is 11.1. The zero-order chi connectivity index (χ0) is 19.7. The number of benzene rings is 2. The number of hydrogen-bond acceptors (Lipinski definition) is 4. The van der Waals surface area contributed by atoms with Crippen LogP contribution in [0.25, 0.3) is 0 Å². The van der Waals surface area contributed by atoms with Gasteiger partial charge in [-0.3, -0.25) is 4.90 Å². The summed E-state index contributed by atoms with van der Waals surface area (Å²) in [7, 11) is 0. The Morgan fingerprint density at radius 1 is 1.10 bits per heavy atom. The van der Waals surface area contributed by atoms with E-state index in [1.54, 1.807) is 0 Å². The predicted octanol–water partition coefficient (Wildman–Crippen LogP) is 5.27. The molecule has 2 aliphatic heterocycles. The predicted molar refractivity (Wildman–Crippen MR) is 133 cm³/mol. The molecular weight excluding hydrogens is 508 g/mol. The lowest BCUT2D eigenvalue weighted by atomic mass is 9.82. The summed E-state index contributed by atoms with van der Waals surface area (Å²) in [6.45, 7) is 6.88. The number of phenolic OH excluding ortho intramolecular Hbond substituents is 1. The third kappa shape index (κ3) is 5.10. The Morgan fingerprint density at radius 2 is 1.77 bits per heavy atom. The first-order valence-corrected chi connectivity index (χ1v) is 10.5. The number of phenols is 1. The van der Waals surface area contributed by atoms with Crippen LogP contribution in [0.2, 0.25) is 0 Å². The quantitative estimate of drug-likeness (QED) is 0.553. The molecule has 166 valence electrons. The molecule has 2 aromatic rings. The van der Waals surface area contributed by atoms with Gasteiger partial charge in [-0.05, 0) is 62.4 Å². The molecule has 0 saturated carbocycles. The molecule has 4 nitrogen and oxygen atoms in total. The van der Waals surface area contributed by atoms with Gasteiger partial charge >= 0.3 is 0 Å². The van der Waals surface area contributed by atoms with E-state index in [2.05, 4.69) is 48.2 Å². The van der Waals surface area contributed by atoms with Crippen LogP contribution in [0, 0.1) is 12.8 Å². The minimum atomic E-state index is -0.110. The van der Waals surface area contributed by atoms with E-state index >= 15 is 0 Å². The van der Waals surface area contributed by atoms with Crippen molar-refractivity contribution in [3.63, 3.8) is 0 Å². The molecule has 1 saturated heterocycles. The Morgan fingerprint density at radius 3 is 2.40 bits per heavy atom. The van der Waals surface area contributed by atoms with E-state index in [0.717, 1.165) is 49.0 Å². The van der Waals surface area contributed by atoms with E-state index in [4.69, 9.17) is 10.5 Å². The Balaban J connectivity index is 0.00000160. The molecule has 0 amide bonds. The van der Waals surface area contributed by atoms with Crippen LogP contribution in [-0.4, -0.2) is 35.7 Å². The molecule has 6 heteroatoms. The monoisotopic (exact) mass is 540 g/mol. The van der Waals surface area contributed by atoms with Crippen LogP contribution in [0.3, 0.4) is 0 Å². The van der Waals surface area contributed by atoms with Crippen molar-refractivity contribution < 1.29 is 9.84 Å². The maximum atomic E-state index is 10.6. The number of likely N-dealkylation sites (tertiary alicyclic amines) is 1. The Kier molecular flexibility index (Phi) is 9.37. The summed E-state index contributed by atoms with van der Waals surface area (Å²) in [4.78, 5) is 2.57. The van der Waals surface area contributed by atoms with Gasteiger partial charge in [0.1, 0.15) is 5.75 Å². The van der Waals surface area contributed by atoms with Gasteiger partial charge in [-0.25, -0.2) is 0 Å². The van der Waals surface area contributed by atoms with E-state index in [1.807, 2.05) is 13.0 Å². The molecule has 0 aliphatic carbocycles. The first-order valence-electron chi connectivity index (χ1n) is 10.5. The summed E-state index contributed by atoms with van der Waals surface area (Å²) in [6, 6.07) is 15.2. The van der Waals surface area contributed by atoms with Crippen molar-refractivity contribution in [2.45, 2.75) is 51.4 Å². The minimum absolute atomic E-state index is 0. The number of aromatic hydroxyl groups is 1. The molecule has 0 aromatic heterocycles. The fourth-order valence-corrected chi connectivity index (χ4v) is 4.90. The SMILES string of the molecule is Br.Br.Cc1ccc2c(c1O)C[C@@H](C1CCN(C(C)c3ccccc3)CC1)O[C@H]2CN. The highest BCUT2D eigenvalue weighted by atomic mass is 79.9. The average molecular weight is 542 g/mol. The molecule has 2 heterocycles. The number of ether oxygens (including phenoxy) is 1. The van der Waals surface area contributed by atoms with Crippen molar-refractivity contribution in [3.8, 4) is 5.75 Å². The first-order chi connectivity index (χ1) is 13.6. The summed E-state index contributed by atoms with van der Waals surface area (Å²) in [5.41, 5.74) is 10.4. The van der Waals surface area contributed by atoms with Gasteiger partial charge in [-0.2, -0.15) is 0 Å². The van der Waals surface area contributed by atoms with Gasteiger partial charge in [0.25, 0.3) is 0 Å². The Bertz CT molecular complexity index is 810. The zero-order valence-corrected chi connectivity index (χ0v) is 21.2. The average Bonchev–Trinajstić information content (AvgIpc) is 2.76. The fraction of sp³-hybridized carbons (Fsp3) is 0.500. The number of fused-ring (bicyclic) bond motifs is 1. The number of nitrogens with zero attached hydrogens (tertiary/aromatic N) is 1. The summed E-state index contributed by atoms with van der Waals surface area (Å²) in [6.07, 6.45) is 3.07. The third-order valence-corrected chi connectivity index (χ3v) is 6.76. The van der Waals surface area contributed by atoms with Crippen LogP contribution < -0.4 is 5.73 Å². The lowest BCUT2D eigenvalue weighted by molar-refractivity contribution is -0.0667.